The molecule has 5 nitrogen and oxygen atoms in total. The molecule has 4 rings (SSSR count). The normalized spacial score (nSPS) is 14.7. The van der Waals surface area contributed by atoms with Crippen molar-refractivity contribution in [2.75, 3.05) is 7.11 Å². The highest BCUT2D eigenvalue weighted by atomic mass is 35.5. The van der Waals surface area contributed by atoms with Crippen molar-refractivity contribution < 1.29 is 23.5 Å². The first-order valence-electron chi connectivity index (χ1n) is 10.1. The van der Waals surface area contributed by atoms with Crippen LogP contribution in [-0.2, 0) is 17.9 Å². The maximum Gasteiger partial charge on any atom is 0.293 e. The van der Waals surface area contributed by atoms with Gasteiger partial charge < -0.3 is 9.47 Å². The molecule has 174 valence electrons. The van der Waals surface area contributed by atoms with Crippen LogP contribution in [-0.4, -0.2) is 23.2 Å². The Labute approximate surface area is 210 Å². The van der Waals surface area contributed by atoms with Crippen LogP contribution < -0.4 is 9.47 Å². The molecule has 0 atom stereocenters. The highest BCUT2D eigenvalue weighted by Gasteiger charge is 2.35. The van der Waals surface area contributed by atoms with E-state index in [0.717, 1.165) is 28.3 Å². The molecule has 1 aliphatic rings. The second-order valence-electron chi connectivity index (χ2n) is 7.30. The van der Waals surface area contributed by atoms with E-state index in [9.17, 15) is 14.0 Å². The lowest BCUT2D eigenvalue weighted by Crippen LogP contribution is -2.27. The number of amides is 2. The minimum absolute atomic E-state index is 0.0582. The fraction of sp³-hybridized carbons (Fsp3) is 0.120. The summed E-state index contributed by atoms with van der Waals surface area (Å²) in [6, 6.07) is 16.4. The molecule has 0 spiro atoms. The Bertz CT molecular complexity index is 1300. The van der Waals surface area contributed by atoms with Crippen molar-refractivity contribution >= 4 is 52.2 Å². The summed E-state index contributed by atoms with van der Waals surface area (Å²) in [5, 5.41) is 0.296. The minimum Gasteiger partial charge on any atom is -0.493 e. The van der Waals surface area contributed by atoms with Crippen molar-refractivity contribution in [3.8, 4) is 11.5 Å². The van der Waals surface area contributed by atoms with Gasteiger partial charge in [0.15, 0.2) is 11.5 Å². The molecule has 0 unspecified atom stereocenters. The monoisotopic (exact) mass is 517 g/mol. The van der Waals surface area contributed by atoms with E-state index in [1.54, 1.807) is 36.4 Å². The molecule has 3 aromatic rings. The van der Waals surface area contributed by atoms with Crippen LogP contribution in [0.25, 0.3) is 6.08 Å². The number of hydrogen-bond acceptors (Lipinski definition) is 5. The summed E-state index contributed by atoms with van der Waals surface area (Å²) in [7, 11) is 1.52. The molecule has 1 heterocycles. The lowest BCUT2D eigenvalue weighted by Gasteiger charge is -2.14. The molecule has 2 amide bonds. The summed E-state index contributed by atoms with van der Waals surface area (Å²) >= 11 is 12.9. The van der Waals surface area contributed by atoms with Crippen molar-refractivity contribution in [3.05, 3.63) is 98.1 Å². The molecule has 0 aromatic heterocycles. The summed E-state index contributed by atoms with van der Waals surface area (Å²) in [5.41, 5.74) is 1.91. The number of thioether (sulfide) groups is 1. The fourth-order valence-corrected chi connectivity index (χ4v) is 4.61. The number of methoxy groups -OCH3 is 1. The molecule has 1 aliphatic heterocycles. The van der Waals surface area contributed by atoms with E-state index in [4.69, 9.17) is 32.7 Å². The van der Waals surface area contributed by atoms with Gasteiger partial charge in [-0.05, 0) is 59.3 Å². The fourth-order valence-electron chi connectivity index (χ4n) is 3.34. The zero-order valence-electron chi connectivity index (χ0n) is 17.9. The first-order valence-corrected chi connectivity index (χ1v) is 11.7. The van der Waals surface area contributed by atoms with Crippen molar-refractivity contribution in [1.82, 2.24) is 4.90 Å². The standard InChI is InChI=1S/C25H18Cl2FNO4S/c1-32-21-7-3-5-16(23(21)33-14-15-4-2-6-18(26)10-15)11-22-24(30)29(25(31)34-22)13-17-8-9-19(28)12-20(17)27/h2-12H,13-14H2,1H3/b22-11-. The zero-order valence-corrected chi connectivity index (χ0v) is 20.2. The van der Waals surface area contributed by atoms with Gasteiger partial charge in [-0.3, -0.25) is 14.5 Å². The van der Waals surface area contributed by atoms with Gasteiger partial charge in [0, 0.05) is 15.6 Å². The van der Waals surface area contributed by atoms with Crippen molar-refractivity contribution in [2.24, 2.45) is 0 Å². The Kier molecular flexibility index (Phi) is 7.46. The second kappa shape index (κ2) is 10.5. The maximum absolute atomic E-state index is 13.3. The predicted molar refractivity (Wildman–Crippen MR) is 132 cm³/mol. The van der Waals surface area contributed by atoms with E-state index in [1.807, 2.05) is 12.1 Å². The first-order chi connectivity index (χ1) is 16.4. The SMILES string of the molecule is COc1cccc(/C=C2\SC(=O)N(Cc3ccc(F)cc3Cl)C2=O)c1OCc1cccc(Cl)c1. The van der Waals surface area contributed by atoms with Crippen molar-refractivity contribution in [2.45, 2.75) is 13.2 Å². The van der Waals surface area contributed by atoms with Crippen LogP contribution in [0.4, 0.5) is 9.18 Å². The van der Waals surface area contributed by atoms with E-state index in [2.05, 4.69) is 0 Å². The number of para-hydroxylation sites is 1. The highest BCUT2D eigenvalue weighted by Crippen LogP contribution is 2.38. The lowest BCUT2D eigenvalue weighted by molar-refractivity contribution is -0.123. The van der Waals surface area contributed by atoms with Crippen LogP contribution in [0.5, 0.6) is 11.5 Å². The van der Waals surface area contributed by atoms with E-state index in [1.165, 1.54) is 19.2 Å². The molecule has 0 N–H and O–H groups in total. The average molecular weight is 518 g/mol. The van der Waals surface area contributed by atoms with Gasteiger partial charge in [0.05, 0.1) is 18.6 Å². The van der Waals surface area contributed by atoms with Crippen LogP contribution in [0.2, 0.25) is 10.0 Å². The molecule has 1 fully saturated rings. The number of hydrogen-bond donors (Lipinski definition) is 0. The number of ether oxygens (including phenoxy) is 2. The molecule has 3 aromatic carbocycles. The first kappa shape index (κ1) is 24.1. The largest absolute Gasteiger partial charge is 0.493 e. The number of carbonyl (C=O) groups is 2. The molecule has 0 radical (unpaired) electrons. The van der Waals surface area contributed by atoms with Crippen LogP contribution in [0.1, 0.15) is 16.7 Å². The maximum atomic E-state index is 13.3. The summed E-state index contributed by atoms with van der Waals surface area (Å²) < 4.78 is 24.8. The minimum atomic E-state index is -0.494. The smallest absolute Gasteiger partial charge is 0.293 e. The number of imide groups is 1. The van der Waals surface area contributed by atoms with E-state index in [-0.39, 0.29) is 23.1 Å². The molecular weight excluding hydrogens is 500 g/mol. The summed E-state index contributed by atoms with van der Waals surface area (Å²) in [6.07, 6.45) is 1.59. The number of rotatable bonds is 7. The van der Waals surface area contributed by atoms with Gasteiger partial charge in [0.2, 0.25) is 0 Å². The van der Waals surface area contributed by atoms with E-state index in [0.29, 0.717) is 27.6 Å². The Balaban J connectivity index is 1.59. The summed E-state index contributed by atoms with van der Waals surface area (Å²) in [5.74, 6) is -0.0587. The molecule has 34 heavy (non-hydrogen) atoms. The molecule has 1 saturated heterocycles. The predicted octanol–water partition coefficient (Wildman–Crippen LogP) is 6.96. The van der Waals surface area contributed by atoms with Gasteiger partial charge in [-0.15, -0.1) is 0 Å². The third-order valence-corrected chi connectivity index (χ3v) is 6.50. The quantitative estimate of drug-likeness (QED) is 0.317. The van der Waals surface area contributed by atoms with E-state index >= 15 is 0 Å². The van der Waals surface area contributed by atoms with Crippen LogP contribution >= 0.6 is 35.0 Å². The topological polar surface area (TPSA) is 55.8 Å². The molecule has 0 bridgehead atoms. The van der Waals surface area contributed by atoms with Crippen molar-refractivity contribution in [1.29, 1.82) is 0 Å². The molecular formula is C25H18Cl2FNO4S. The Morgan fingerprint density at radius 1 is 1.06 bits per heavy atom. The Morgan fingerprint density at radius 2 is 1.85 bits per heavy atom. The van der Waals surface area contributed by atoms with Gasteiger partial charge in [-0.1, -0.05) is 53.5 Å². The van der Waals surface area contributed by atoms with Gasteiger partial charge in [-0.25, -0.2) is 4.39 Å². The van der Waals surface area contributed by atoms with Crippen molar-refractivity contribution in [3.63, 3.8) is 0 Å². The summed E-state index contributed by atoms with van der Waals surface area (Å²) in [4.78, 5) is 26.9. The third-order valence-electron chi connectivity index (χ3n) is 5.01. The summed E-state index contributed by atoms with van der Waals surface area (Å²) in [6.45, 7) is 0.170. The third kappa shape index (κ3) is 5.38. The van der Waals surface area contributed by atoms with Crippen LogP contribution in [0.15, 0.2) is 65.6 Å². The zero-order chi connectivity index (χ0) is 24.2. The number of nitrogens with zero attached hydrogens (tertiary/aromatic N) is 1. The van der Waals surface area contributed by atoms with E-state index < -0.39 is 17.0 Å². The Hall–Kier alpha value is -3.00. The second-order valence-corrected chi connectivity index (χ2v) is 9.14. The van der Waals surface area contributed by atoms with Gasteiger partial charge >= 0.3 is 0 Å². The Morgan fingerprint density at radius 3 is 2.59 bits per heavy atom. The molecule has 0 aliphatic carbocycles. The molecule has 0 saturated carbocycles. The average Bonchev–Trinajstić information content (AvgIpc) is 3.07. The van der Waals surface area contributed by atoms with Crippen LogP contribution in [0.3, 0.4) is 0 Å². The van der Waals surface area contributed by atoms with Gasteiger partial charge in [-0.2, -0.15) is 0 Å². The number of halogens is 3. The number of carbonyl (C=O) groups excluding carboxylic acids is 2. The lowest BCUT2D eigenvalue weighted by atomic mass is 10.1. The van der Waals surface area contributed by atoms with Gasteiger partial charge in [0.25, 0.3) is 11.1 Å². The highest BCUT2D eigenvalue weighted by molar-refractivity contribution is 8.18. The van der Waals surface area contributed by atoms with Crippen LogP contribution in [0, 0.1) is 5.82 Å². The number of benzene rings is 3. The van der Waals surface area contributed by atoms with Gasteiger partial charge in [0.1, 0.15) is 12.4 Å². The molecule has 9 heteroatoms.